The molecule has 1 aliphatic heterocycles. The number of nitrogens with zero attached hydrogens (tertiary/aromatic N) is 1. The molecule has 0 bridgehead atoms. The Balaban J connectivity index is 2.29. The van der Waals surface area contributed by atoms with Crippen LogP contribution in [0, 0.1) is 11.8 Å². The molecule has 0 atom stereocenters. The highest BCUT2D eigenvalue weighted by Gasteiger charge is 2.25. The van der Waals surface area contributed by atoms with Crippen LogP contribution in [0.2, 0.25) is 5.02 Å². The van der Waals surface area contributed by atoms with Gasteiger partial charge in [0.1, 0.15) is 0 Å². The number of hydrogen-bond acceptors (Lipinski definition) is 3. The zero-order valence-electron chi connectivity index (χ0n) is 10.9. The zero-order valence-corrected chi connectivity index (χ0v) is 12.5. The predicted molar refractivity (Wildman–Crippen MR) is 80.7 cm³/mol. The fraction of sp³-hybridized carbons (Fsp3) is 0.385. The topological polar surface area (TPSA) is 75.4 Å². The highest BCUT2D eigenvalue weighted by molar-refractivity contribution is 7.90. The summed E-state index contributed by atoms with van der Waals surface area (Å²) in [5.41, 5.74) is 6.27. The molecule has 0 radical (unpaired) electrons. The van der Waals surface area contributed by atoms with Crippen LogP contribution in [0.15, 0.2) is 18.2 Å². The minimum Gasteiger partial charge on any atom is -0.320 e. The molecule has 1 fully saturated rings. The molecule has 0 amide bonds. The predicted octanol–water partition coefficient (Wildman–Crippen LogP) is 1.40. The van der Waals surface area contributed by atoms with E-state index in [1.54, 1.807) is 18.2 Å². The summed E-state index contributed by atoms with van der Waals surface area (Å²) in [4.78, 5) is 0. The molecule has 108 valence electrons. The molecule has 1 heterocycles. The van der Waals surface area contributed by atoms with Crippen molar-refractivity contribution >= 4 is 27.5 Å². The van der Waals surface area contributed by atoms with Gasteiger partial charge >= 0.3 is 10.2 Å². The Labute approximate surface area is 124 Å². The first-order valence-electron chi connectivity index (χ1n) is 6.29. The lowest BCUT2D eigenvalue weighted by molar-refractivity contribution is 0.482. The van der Waals surface area contributed by atoms with Crippen molar-refractivity contribution in [2.45, 2.75) is 12.8 Å². The standard InChI is InChI=1S/C13H16ClN3O2S/c14-12-6-5-11(4-3-7-15)13(10-12)16-20(18,19)17-8-1-2-9-17/h5-6,10,16H,1-2,7-9,15H2. The Morgan fingerprint density at radius 1 is 1.35 bits per heavy atom. The Kier molecular flexibility index (Phi) is 4.89. The van der Waals surface area contributed by atoms with E-state index in [9.17, 15) is 8.42 Å². The first kappa shape index (κ1) is 15.1. The Bertz CT molecular complexity index is 643. The maximum Gasteiger partial charge on any atom is 0.301 e. The van der Waals surface area contributed by atoms with E-state index in [0.29, 0.717) is 29.4 Å². The third-order valence-corrected chi connectivity index (χ3v) is 4.71. The lowest BCUT2D eigenvalue weighted by atomic mass is 10.2. The molecule has 2 rings (SSSR count). The van der Waals surface area contributed by atoms with Crippen molar-refractivity contribution < 1.29 is 8.42 Å². The van der Waals surface area contributed by atoms with Crippen LogP contribution in [0.4, 0.5) is 5.69 Å². The van der Waals surface area contributed by atoms with E-state index in [1.807, 2.05) is 0 Å². The van der Waals surface area contributed by atoms with Gasteiger partial charge in [-0.05, 0) is 31.0 Å². The SMILES string of the molecule is NCC#Cc1ccc(Cl)cc1NS(=O)(=O)N1CCCC1. The molecule has 0 unspecified atom stereocenters. The molecule has 1 aromatic carbocycles. The molecular weight excluding hydrogens is 298 g/mol. The summed E-state index contributed by atoms with van der Waals surface area (Å²) in [5.74, 6) is 5.54. The van der Waals surface area contributed by atoms with E-state index in [2.05, 4.69) is 16.6 Å². The van der Waals surface area contributed by atoms with Gasteiger partial charge in [-0.25, -0.2) is 0 Å². The Hall–Kier alpha value is -1.26. The summed E-state index contributed by atoms with van der Waals surface area (Å²) in [5, 5.41) is 0.447. The van der Waals surface area contributed by atoms with Crippen LogP contribution in [0.5, 0.6) is 0 Å². The second-order valence-corrected chi connectivity index (χ2v) is 6.52. The second-order valence-electron chi connectivity index (χ2n) is 4.41. The van der Waals surface area contributed by atoms with Crippen molar-refractivity contribution in [3.63, 3.8) is 0 Å². The molecule has 1 aliphatic rings. The lowest BCUT2D eigenvalue weighted by Gasteiger charge is -2.17. The summed E-state index contributed by atoms with van der Waals surface area (Å²) >= 11 is 5.92. The van der Waals surface area contributed by atoms with Gasteiger partial charge in [0.05, 0.1) is 12.2 Å². The summed E-state index contributed by atoms with van der Waals surface area (Å²) in [6.45, 7) is 1.29. The van der Waals surface area contributed by atoms with E-state index >= 15 is 0 Å². The van der Waals surface area contributed by atoms with Crippen LogP contribution in [0.1, 0.15) is 18.4 Å². The molecule has 0 aliphatic carbocycles. The Morgan fingerprint density at radius 3 is 2.70 bits per heavy atom. The number of halogens is 1. The molecule has 0 saturated carbocycles. The van der Waals surface area contributed by atoms with Gasteiger partial charge in [0, 0.05) is 23.7 Å². The van der Waals surface area contributed by atoms with E-state index in [0.717, 1.165) is 12.8 Å². The summed E-state index contributed by atoms with van der Waals surface area (Å²) in [6, 6.07) is 4.89. The number of nitrogens with two attached hydrogens (primary N) is 1. The van der Waals surface area contributed by atoms with E-state index in [4.69, 9.17) is 17.3 Å². The quantitative estimate of drug-likeness (QED) is 0.828. The van der Waals surface area contributed by atoms with Gasteiger partial charge in [-0.15, -0.1) is 0 Å². The number of rotatable bonds is 3. The van der Waals surface area contributed by atoms with Crippen molar-refractivity contribution in [3.05, 3.63) is 28.8 Å². The first-order valence-corrected chi connectivity index (χ1v) is 8.11. The van der Waals surface area contributed by atoms with Crippen molar-refractivity contribution in [3.8, 4) is 11.8 Å². The van der Waals surface area contributed by atoms with Crippen molar-refractivity contribution in [2.24, 2.45) is 5.73 Å². The maximum absolute atomic E-state index is 12.2. The molecule has 0 spiro atoms. The molecule has 0 aromatic heterocycles. The van der Waals surface area contributed by atoms with Gasteiger partial charge < -0.3 is 5.73 Å². The number of anilines is 1. The fourth-order valence-electron chi connectivity index (χ4n) is 1.99. The fourth-order valence-corrected chi connectivity index (χ4v) is 3.48. The molecule has 1 saturated heterocycles. The van der Waals surface area contributed by atoms with Crippen molar-refractivity contribution in [1.29, 1.82) is 0 Å². The van der Waals surface area contributed by atoms with Crippen LogP contribution in [-0.4, -0.2) is 32.4 Å². The highest BCUT2D eigenvalue weighted by atomic mass is 35.5. The molecule has 3 N–H and O–H groups in total. The normalized spacial score (nSPS) is 15.7. The van der Waals surface area contributed by atoms with Gasteiger partial charge in [-0.2, -0.15) is 12.7 Å². The minimum atomic E-state index is -3.55. The minimum absolute atomic E-state index is 0.209. The number of hydrogen-bond donors (Lipinski definition) is 2. The van der Waals surface area contributed by atoms with E-state index in [1.165, 1.54) is 4.31 Å². The van der Waals surface area contributed by atoms with Crippen LogP contribution in [0.25, 0.3) is 0 Å². The van der Waals surface area contributed by atoms with Gasteiger partial charge in [-0.1, -0.05) is 23.4 Å². The smallest absolute Gasteiger partial charge is 0.301 e. The van der Waals surface area contributed by atoms with Gasteiger partial charge in [0.25, 0.3) is 0 Å². The summed E-state index contributed by atoms with van der Waals surface area (Å²) in [7, 11) is -3.55. The summed E-state index contributed by atoms with van der Waals surface area (Å²) in [6.07, 6.45) is 1.77. The molecule has 20 heavy (non-hydrogen) atoms. The third kappa shape index (κ3) is 3.64. The molecule has 5 nitrogen and oxygen atoms in total. The third-order valence-electron chi connectivity index (χ3n) is 2.95. The molecular formula is C13H16ClN3O2S. The number of nitrogens with one attached hydrogen (secondary N) is 1. The van der Waals surface area contributed by atoms with Crippen LogP contribution in [-0.2, 0) is 10.2 Å². The lowest BCUT2D eigenvalue weighted by Crippen LogP contribution is -2.33. The Morgan fingerprint density at radius 2 is 2.05 bits per heavy atom. The van der Waals surface area contributed by atoms with Crippen LogP contribution < -0.4 is 10.5 Å². The van der Waals surface area contributed by atoms with Crippen LogP contribution >= 0.6 is 11.6 Å². The van der Waals surface area contributed by atoms with E-state index in [-0.39, 0.29) is 6.54 Å². The second kappa shape index (κ2) is 6.46. The maximum atomic E-state index is 12.2. The van der Waals surface area contributed by atoms with Crippen molar-refractivity contribution in [1.82, 2.24) is 4.31 Å². The highest BCUT2D eigenvalue weighted by Crippen LogP contribution is 2.23. The number of benzene rings is 1. The summed E-state index contributed by atoms with van der Waals surface area (Å²) < 4.78 is 28.5. The molecule has 7 heteroatoms. The monoisotopic (exact) mass is 313 g/mol. The molecule has 1 aromatic rings. The average Bonchev–Trinajstić information content (AvgIpc) is 2.92. The van der Waals surface area contributed by atoms with Crippen molar-refractivity contribution in [2.75, 3.05) is 24.4 Å². The van der Waals surface area contributed by atoms with Gasteiger partial charge in [-0.3, -0.25) is 4.72 Å². The average molecular weight is 314 g/mol. The van der Waals surface area contributed by atoms with Crippen LogP contribution in [0.3, 0.4) is 0 Å². The zero-order chi connectivity index (χ0) is 14.6. The van der Waals surface area contributed by atoms with Gasteiger partial charge in [0.15, 0.2) is 0 Å². The van der Waals surface area contributed by atoms with Gasteiger partial charge in [0.2, 0.25) is 0 Å². The first-order chi connectivity index (χ1) is 9.53. The largest absolute Gasteiger partial charge is 0.320 e. The van der Waals surface area contributed by atoms with E-state index < -0.39 is 10.2 Å².